The Morgan fingerprint density at radius 1 is 1.21 bits per heavy atom. The van der Waals surface area contributed by atoms with E-state index in [9.17, 15) is 14.0 Å². The summed E-state index contributed by atoms with van der Waals surface area (Å²) in [7, 11) is 0. The summed E-state index contributed by atoms with van der Waals surface area (Å²) in [5.74, 6) is -1.92. The summed E-state index contributed by atoms with van der Waals surface area (Å²) in [4.78, 5) is 26.4. The van der Waals surface area contributed by atoms with Crippen LogP contribution in [0.25, 0.3) is 0 Å². The maximum atomic E-state index is 13.2. The van der Waals surface area contributed by atoms with Gasteiger partial charge in [-0.05, 0) is 12.1 Å². The van der Waals surface area contributed by atoms with Crippen molar-refractivity contribution < 1.29 is 14.0 Å². The molecule has 5 nitrogen and oxygen atoms in total. The number of aliphatic imine (C=N–C) groups is 1. The number of ketones is 2. The van der Waals surface area contributed by atoms with E-state index < -0.39 is 23.1 Å². The Balaban J connectivity index is 2.60. The number of halogens is 1. The van der Waals surface area contributed by atoms with Crippen molar-refractivity contribution in [1.29, 1.82) is 10.8 Å². The SMILES string of the molecule is N=CCC(=O)C(=N)C(=O)CC=Nc1ccccc1F. The lowest BCUT2D eigenvalue weighted by atomic mass is 10.1. The second kappa shape index (κ2) is 7.05. The molecule has 0 atom stereocenters. The molecule has 0 aliphatic rings. The van der Waals surface area contributed by atoms with Gasteiger partial charge in [0, 0.05) is 25.3 Å². The van der Waals surface area contributed by atoms with Gasteiger partial charge in [0.1, 0.15) is 11.5 Å². The van der Waals surface area contributed by atoms with Gasteiger partial charge in [0.2, 0.25) is 0 Å². The van der Waals surface area contributed by atoms with Crippen molar-refractivity contribution in [3.05, 3.63) is 30.1 Å². The molecule has 0 aromatic heterocycles. The fourth-order valence-electron chi connectivity index (χ4n) is 1.24. The van der Waals surface area contributed by atoms with Gasteiger partial charge in [0.25, 0.3) is 0 Å². The van der Waals surface area contributed by atoms with Crippen LogP contribution in [0, 0.1) is 16.6 Å². The third-order valence-electron chi connectivity index (χ3n) is 2.20. The number of carbonyl (C=O) groups excluding carboxylic acids is 2. The van der Waals surface area contributed by atoms with Crippen molar-refractivity contribution in [1.82, 2.24) is 0 Å². The molecule has 98 valence electrons. The molecule has 0 aliphatic heterocycles. The summed E-state index contributed by atoms with van der Waals surface area (Å²) < 4.78 is 13.2. The molecule has 0 saturated carbocycles. The molecule has 0 heterocycles. The van der Waals surface area contributed by atoms with E-state index in [1.54, 1.807) is 6.07 Å². The first-order valence-corrected chi connectivity index (χ1v) is 5.47. The van der Waals surface area contributed by atoms with Crippen LogP contribution in [-0.2, 0) is 9.59 Å². The third-order valence-corrected chi connectivity index (χ3v) is 2.20. The van der Waals surface area contributed by atoms with Crippen molar-refractivity contribution in [2.45, 2.75) is 12.8 Å². The maximum absolute atomic E-state index is 13.2. The van der Waals surface area contributed by atoms with Crippen LogP contribution in [0.2, 0.25) is 0 Å². The van der Waals surface area contributed by atoms with E-state index in [0.29, 0.717) is 0 Å². The number of nitrogens with one attached hydrogen (secondary N) is 2. The van der Waals surface area contributed by atoms with Crippen LogP contribution in [0.5, 0.6) is 0 Å². The Bertz CT molecular complexity index is 553. The molecule has 0 radical (unpaired) electrons. The Labute approximate surface area is 109 Å². The molecule has 0 spiro atoms. The number of hydrogen-bond acceptors (Lipinski definition) is 5. The monoisotopic (exact) mass is 261 g/mol. The van der Waals surface area contributed by atoms with Crippen molar-refractivity contribution in [2.75, 3.05) is 0 Å². The highest BCUT2D eigenvalue weighted by molar-refractivity contribution is 6.66. The number of para-hydroxylation sites is 1. The first kappa shape index (κ1) is 14.6. The van der Waals surface area contributed by atoms with Gasteiger partial charge in [-0.1, -0.05) is 12.1 Å². The first-order chi connectivity index (χ1) is 9.06. The second-order valence-corrected chi connectivity index (χ2v) is 3.60. The van der Waals surface area contributed by atoms with Crippen LogP contribution in [0.3, 0.4) is 0 Å². The molecular formula is C13H12FN3O2. The lowest BCUT2D eigenvalue weighted by Gasteiger charge is -1.97. The lowest BCUT2D eigenvalue weighted by molar-refractivity contribution is -0.115. The van der Waals surface area contributed by atoms with Crippen molar-refractivity contribution >= 4 is 35.4 Å². The third kappa shape index (κ3) is 4.34. The summed E-state index contributed by atoms with van der Waals surface area (Å²) in [5, 5.41) is 14.0. The predicted octanol–water partition coefficient (Wildman–Crippen LogP) is 2.12. The highest BCUT2D eigenvalue weighted by atomic mass is 19.1. The van der Waals surface area contributed by atoms with Gasteiger partial charge in [-0.3, -0.25) is 20.0 Å². The van der Waals surface area contributed by atoms with Crippen molar-refractivity contribution in [3.63, 3.8) is 0 Å². The fourth-order valence-corrected chi connectivity index (χ4v) is 1.24. The molecule has 1 rings (SSSR count). The quantitative estimate of drug-likeness (QED) is 0.581. The Morgan fingerprint density at radius 2 is 1.84 bits per heavy atom. The zero-order valence-electron chi connectivity index (χ0n) is 10.0. The Hall–Kier alpha value is -2.50. The van der Waals surface area contributed by atoms with E-state index in [-0.39, 0.29) is 18.5 Å². The molecule has 0 saturated heterocycles. The molecule has 19 heavy (non-hydrogen) atoms. The van der Waals surface area contributed by atoms with Crippen molar-refractivity contribution in [2.24, 2.45) is 4.99 Å². The Kier molecular flexibility index (Phi) is 5.40. The minimum absolute atomic E-state index is 0.0904. The zero-order valence-corrected chi connectivity index (χ0v) is 10.0. The standard InChI is InChI=1S/C13H12FN3O2/c14-9-3-1-2-4-10(9)17-8-6-12(19)13(16)11(18)5-7-15/h1-4,7-8,15-16H,5-6H2. The van der Waals surface area contributed by atoms with E-state index in [1.807, 2.05) is 0 Å². The van der Waals surface area contributed by atoms with Gasteiger partial charge >= 0.3 is 0 Å². The number of nitrogens with zero attached hydrogens (tertiary/aromatic N) is 1. The topological polar surface area (TPSA) is 94.2 Å². The normalized spacial score (nSPS) is 10.4. The summed E-state index contributed by atoms with van der Waals surface area (Å²) in [5.41, 5.74) is -0.573. The Morgan fingerprint density at radius 3 is 2.47 bits per heavy atom. The average molecular weight is 261 g/mol. The predicted molar refractivity (Wildman–Crippen MR) is 70.3 cm³/mol. The summed E-state index contributed by atoms with van der Waals surface area (Å²) in [6.07, 6.45) is 1.47. The number of Topliss-reactive ketones (excluding diaryl/α,β-unsaturated/α-hetero) is 2. The fraction of sp³-hybridized carbons (Fsp3) is 0.154. The number of rotatable bonds is 7. The molecule has 2 N–H and O–H groups in total. The van der Waals surface area contributed by atoms with Crippen LogP contribution in [-0.4, -0.2) is 29.7 Å². The van der Waals surface area contributed by atoms with E-state index in [2.05, 4.69) is 4.99 Å². The lowest BCUT2D eigenvalue weighted by Crippen LogP contribution is -2.23. The largest absolute Gasteiger partial charge is 0.313 e. The highest BCUT2D eigenvalue weighted by Crippen LogP contribution is 2.15. The molecule has 0 bridgehead atoms. The molecule has 1 aromatic carbocycles. The first-order valence-electron chi connectivity index (χ1n) is 5.47. The summed E-state index contributed by atoms with van der Waals surface area (Å²) in [6, 6.07) is 5.81. The average Bonchev–Trinajstić information content (AvgIpc) is 2.40. The van der Waals surface area contributed by atoms with Gasteiger partial charge in [-0.15, -0.1) is 0 Å². The number of carbonyl (C=O) groups is 2. The molecule has 0 unspecified atom stereocenters. The van der Waals surface area contributed by atoms with E-state index in [0.717, 1.165) is 12.4 Å². The summed E-state index contributed by atoms with van der Waals surface area (Å²) >= 11 is 0. The zero-order chi connectivity index (χ0) is 14.3. The molecular weight excluding hydrogens is 249 g/mol. The van der Waals surface area contributed by atoms with E-state index in [1.165, 1.54) is 18.2 Å². The van der Waals surface area contributed by atoms with E-state index >= 15 is 0 Å². The van der Waals surface area contributed by atoms with E-state index in [4.69, 9.17) is 10.8 Å². The second-order valence-electron chi connectivity index (χ2n) is 3.60. The highest BCUT2D eigenvalue weighted by Gasteiger charge is 2.15. The smallest absolute Gasteiger partial charge is 0.189 e. The maximum Gasteiger partial charge on any atom is 0.189 e. The van der Waals surface area contributed by atoms with Crippen LogP contribution in [0.1, 0.15) is 12.8 Å². The van der Waals surface area contributed by atoms with Crippen LogP contribution in [0.15, 0.2) is 29.3 Å². The van der Waals surface area contributed by atoms with Gasteiger partial charge < -0.3 is 5.41 Å². The van der Waals surface area contributed by atoms with Crippen LogP contribution in [0.4, 0.5) is 10.1 Å². The van der Waals surface area contributed by atoms with Gasteiger partial charge in [-0.25, -0.2) is 4.39 Å². The van der Waals surface area contributed by atoms with Crippen molar-refractivity contribution in [3.8, 4) is 0 Å². The molecule has 6 heteroatoms. The molecule has 0 amide bonds. The number of benzene rings is 1. The summed E-state index contributed by atoms with van der Waals surface area (Å²) in [6.45, 7) is 0. The number of hydrogen-bond donors (Lipinski definition) is 2. The van der Waals surface area contributed by atoms with Gasteiger partial charge in [0.15, 0.2) is 11.6 Å². The molecule has 0 aliphatic carbocycles. The molecule has 1 aromatic rings. The van der Waals surface area contributed by atoms with Gasteiger partial charge in [-0.2, -0.15) is 0 Å². The minimum atomic E-state index is -0.709. The van der Waals surface area contributed by atoms with Crippen LogP contribution >= 0.6 is 0 Å². The van der Waals surface area contributed by atoms with Gasteiger partial charge in [0.05, 0.1) is 5.69 Å². The van der Waals surface area contributed by atoms with Crippen LogP contribution < -0.4 is 0 Å². The minimum Gasteiger partial charge on any atom is -0.313 e. The molecule has 0 fully saturated rings.